The Bertz CT molecular complexity index is 884. The highest BCUT2D eigenvalue weighted by atomic mass is 16.6. The lowest BCUT2D eigenvalue weighted by Gasteiger charge is -2.35. The molecule has 0 spiro atoms. The predicted octanol–water partition coefficient (Wildman–Crippen LogP) is 2.56. The molecule has 0 bridgehead atoms. The molecule has 0 saturated carbocycles. The largest absolute Gasteiger partial charge is 0.459 e. The molecule has 9 heteroatoms. The molecule has 1 aliphatic rings. The number of piperazine rings is 1. The zero-order valence-corrected chi connectivity index (χ0v) is 13.9. The van der Waals surface area contributed by atoms with Crippen LogP contribution in [0.15, 0.2) is 51.5 Å². The normalized spacial score (nSPS) is 15.3. The van der Waals surface area contributed by atoms with E-state index in [4.69, 9.17) is 8.83 Å². The van der Waals surface area contributed by atoms with Gasteiger partial charge in [-0.1, -0.05) is 12.1 Å². The number of aromatic nitrogens is 2. The van der Waals surface area contributed by atoms with Gasteiger partial charge in [-0.2, -0.15) is 0 Å². The summed E-state index contributed by atoms with van der Waals surface area (Å²) in [6.07, 6.45) is 1.56. The van der Waals surface area contributed by atoms with Crippen molar-refractivity contribution in [3.63, 3.8) is 0 Å². The molecular weight excluding hydrogens is 338 g/mol. The summed E-state index contributed by atoms with van der Waals surface area (Å²) in [6.45, 7) is 3.45. The van der Waals surface area contributed by atoms with Gasteiger partial charge in [-0.25, -0.2) is 0 Å². The SMILES string of the molecule is O=[N+]([O-])c1ccccc1N1CCN(Cc2nnc(-c3ccco3)o2)CC1. The maximum absolute atomic E-state index is 11.2. The average Bonchev–Trinajstić information content (AvgIpc) is 3.34. The van der Waals surface area contributed by atoms with Crippen LogP contribution in [0.5, 0.6) is 0 Å². The van der Waals surface area contributed by atoms with Crippen LogP contribution in [0.3, 0.4) is 0 Å². The summed E-state index contributed by atoms with van der Waals surface area (Å²) in [5, 5.41) is 19.3. The lowest BCUT2D eigenvalue weighted by molar-refractivity contribution is -0.384. The molecule has 0 unspecified atom stereocenters. The molecule has 3 heterocycles. The third kappa shape index (κ3) is 3.29. The Morgan fingerprint density at radius 3 is 2.62 bits per heavy atom. The van der Waals surface area contributed by atoms with E-state index in [1.807, 2.05) is 11.0 Å². The maximum atomic E-state index is 11.2. The highest BCUT2D eigenvalue weighted by Gasteiger charge is 2.24. The van der Waals surface area contributed by atoms with Crippen LogP contribution >= 0.6 is 0 Å². The standard InChI is InChI=1S/C17H17N5O4/c23-22(24)14-5-2-1-4-13(14)21-9-7-20(8-10-21)12-16-18-19-17(26-16)15-6-3-11-25-15/h1-6,11H,7-10,12H2. The van der Waals surface area contributed by atoms with Gasteiger partial charge in [-0.3, -0.25) is 15.0 Å². The van der Waals surface area contributed by atoms with Gasteiger partial charge < -0.3 is 13.7 Å². The Labute approximate surface area is 149 Å². The van der Waals surface area contributed by atoms with E-state index < -0.39 is 0 Å². The minimum Gasteiger partial charge on any atom is -0.459 e. The van der Waals surface area contributed by atoms with Crippen molar-refractivity contribution >= 4 is 11.4 Å². The second-order valence-corrected chi connectivity index (χ2v) is 5.99. The Morgan fingerprint density at radius 1 is 1.08 bits per heavy atom. The highest BCUT2D eigenvalue weighted by molar-refractivity contribution is 5.63. The van der Waals surface area contributed by atoms with E-state index in [1.54, 1.807) is 30.5 Å². The van der Waals surface area contributed by atoms with Crippen molar-refractivity contribution in [3.8, 4) is 11.7 Å². The van der Waals surface area contributed by atoms with E-state index in [0.29, 0.717) is 42.9 Å². The molecule has 1 fully saturated rings. The van der Waals surface area contributed by atoms with Gasteiger partial charge in [0.05, 0.1) is 17.7 Å². The van der Waals surface area contributed by atoms with Crippen molar-refractivity contribution in [2.24, 2.45) is 0 Å². The van der Waals surface area contributed by atoms with E-state index in [-0.39, 0.29) is 10.6 Å². The molecule has 26 heavy (non-hydrogen) atoms. The Kier molecular flexibility index (Phi) is 4.36. The highest BCUT2D eigenvalue weighted by Crippen LogP contribution is 2.28. The molecular formula is C17H17N5O4. The van der Waals surface area contributed by atoms with Crippen LogP contribution in [-0.4, -0.2) is 46.2 Å². The fourth-order valence-electron chi connectivity index (χ4n) is 3.04. The number of rotatable bonds is 5. The van der Waals surface area contributed by atoms with E-state index in [9.17, 15) is 10.1 Å². The second-order valence-electron chi connectivity index (χ2n) is 5.99. The number of hydrogen-bond donors (Lipinski definition) is 0. The van der Waals surface area contributed by atoms with Gasteiger partial charge in [0.2, 0.25) is 5.89 Å². The Morgan fingerprint density at radius 2 is 1.88 bits per heavy atom. The molecule has 3 aromatic rings. The van der Waals surface area contributed by atoms with E-state index >= 15 is 0 Å². The summed E-state index contributed by atoms with van der Waals surface area (Å²) in [6, 6.07) is 10.4. The summed E-state index contributed by atoms with van der Waals surface area (Å²) in [5.41, 5.74) is 0.802. The number of benzene rings is 1. The smallest absolute Gasteiger partial charge is 0.292 e. The number of furan rings is 1. The molecule has 1 aliphatic heterocycles. The van der Waals surface area contributed by atoms with Crippen LogP contribution in [0, 0.1) is 10.1 Å². The first-order chi connectivity index (χ1) is 12.7. The number of nitrogens with zero attached hydrogens (tertiary/aromatic N) is 5. The topological polar surface area (TPSA) is 102 Å². The van der Waals surface area contributed by atoms with Crippen LogP contribution in [0.4, 0.5) is 11.4 Å². The number of nitro groups is 1. The maximum Gasteiger partial charge on any atom is 0.292 e. The van der Waals surface area contributed by atoms with Gasteiger partial charge >= 0.3 is 0 Å². The second kappa shape index (κ2) is 6.96. The molecule has 9 nitrogen and oxygen atoms in total. The third-order valence-electron chi connectivity index (χ3n) is 4.35. The summed E-state index contributed by atoms with van der Waals surface area (Å²) in [5.74, 6) is 1.43. The van der Waals surface area contributed by atoms with Crippen LogP contribution in [0.2, 0.25) is 0 Å². The fourth-order valence-corrected chi connectivity index (χ4v) is 3.04. The molecule has 1 aromatic carbocycles. The number of para-hydroxylation sites is 2. The molecule has 0 aliphatic carbocycles. The molecule has 2 aromatic heterocycles. The lowest BCUT2D eigenvalue weighted by Crippen LogP contribution is -2.46. The quantitative estimate of drug-likeness (QED) is 0.508. The minimum atomic E-state index is -0.337. The molecule has 0 N–H and O–H groups in total. The van der Waals surface area contributed by atoms with Gasteiger partial charge in [-0.15, -0.1) is 10.2 Å². The van der Waals surface area contributed by atoms with Gasteiger partial charge in [0.1, 0.15) is 5.69 Å². The third-order valence-corrected chi connectivity index (χ3v) is 4.35. The van der Waals surface area contributed by atoms with Crippen LogP contribution < -0.4 is 4.90 Å². The summed E-state index contributed by atoms with van der Waals surface area (Å²) >= 11 is 0. The van der Waals surface area contributed by atoms with Gasteiger partial charge in [-0.05, 0) is 18.2 Å². The average molecular weight is 355 g/mol. The summed E-state index contributed by atoms with van der Waals surface area (Å²) in [7, 11) is 0. The van der Waals surface area contributed by atoms with E-state index in [1.165, 1.54) is 6.07 Å². The molecule has 0 amide bonds. The monoisotopic (exact) mass is 355 g/mol. The van der Waals surface area contributed by atoms with Crippen LogP contribution in [0.25, 0.3) is 11.7 Å². The zero-order valence-electron chi connectivity index (χ0n) is 13.9. The van der Waals surface area contributed by atoms with Crippen molar-refractivity contribution in [3.05, 3.63) is 58.7 Å². The molecule has 0 atom stereocenters. The predicted molar refractivity (Wildman–Crippen MR) is 92.6 cm³/mol. The number of nitro benzene ring substituents is 1. The molecule has 0 radical (unpaired) electrons. The fraction of sp³-hybridized carbons (Fsp3) is 0.294. The summed E-state index contributed by atoms with van der Waals surface area (Å²) < 4.78 is 10.9. The van der Waals surface area contributed by atoms with E-state index in [0.717, 1.165) is 13.1 Å². The van der Waals surface area contributed by atoms with Crippen molar-refractivity contribution in [1.29, 1.82) is 0 Å². The van der Waals surface area contributed by atoms with Crippen molar-refractivity contribution in [2.45, 2.75) is 6.54 Å². The number of anilines is 1. The Hall–Kier alpha value is -3.20. The first-order valence-electron chi connectivity index (χ1n) is 8.28. The Balaban J connectivity index is 1.38. The zero-order chi connectivity index (χ0) is 17.9. The van der Waals surface area contributed by atoms with Crippen LogP contribution in [-0.2, 0) is 6.54 Å². The van der Waals surface area contributed by atoms with Gasteiger partial charge in [0.15, 0.2) is 5.76 Å². The molecule has 134 valence electrons. The van der Waals surface area contributed by atoms with Crippen molar-refractivity contribution in [2.75, 3.05) is 31.1 Å². The molecule has 4 rings (SSSR count). The first-order valence-corrected chi connectivity index (χ1v) is 8.28. The van der Waals surface area contributed by atoms with Crippen LogP contribution in [0.1, 0.15) is 5.89 Å². The van der Waals surface area contributed by atoms with Gasteiger partial charge in [0, 0.05) is 32.2 Å². The minimum absolute atomic E-state index is 0.140. The number of hydrogen-bond acceptors (Lipinski definition) is 8. The molecule has 1 saturated heterocycles. The lowest BCUT2D eigenvalue weighted by atomic mass is 10.2. The van der Waals surface area contributed by atoms with E-state index in [2.05, 4.69) is 15.1 Å². The van der Waals surface area contributed by atoms with Gasteiger partial charge in [0.25, 0.3) is 11.6 Å². The van der Waals surface area contributed by atoms with Crippen molar-refractivity contribution < 1.29 is 13.8 Å². The first kappa shape index (κ1) is 16.3. The summed E-state index contributed by atoms with van der Waals surface area (Å²) in [4.78, 5) is 15.1. The van der Waals surface area contributed by atoms with Crippen molar-refractivity contribution in [1.82, 2.24) is 15.1 Å².